The molecule has 0 aromatic rings. The summed E-state index contributed by atoms with van der Waals surface area (Å²) in [6.07, 6.45) is 0. The summed E-state index contributed by atoms with van der Waals surface area (Å²) >= 11 is 1.42. The highest BCUT2D eigenvalue weighted by atomic mass is 32.2. The molecule has 0 spiro atoms. The number of aliphatic hydroxyl groups is 1. The number of carbonyl (C=O) groups excluding carboxylic acids is 1. The normalized spacial score (nSPS) is 28.5. The fourth-order valence-corrected chi connectivity index (χ4v) is 3.20. The molecule has 2 atom stereocenters. The molecule has 102 valence electrons. The highest BCUT2D eigenvalue weighted by Gasteiger charge is 2.39. The molecule has 2 heterocycles. The highest BCUT2D eigenvalue weighted by Crippen LogP contribution is 2.23. The van der Waals surface area contributed by atoms with Crippen LogP contribution in [0.3, 0.4) is 0 Å². The monoisotopic (exact) mass is 276 g/mol. The summed E-state index contributed by atoms with van der Waals surface area (Å²) in [6, 6.07) is -1.48. The smallest absolute Gasteiger partial charge is 0.327 e. The minimum absolute atomic E-state index is 0.176. The zero-order chi connectivity index (χ0) is 13.1. The van der Waals surface area contributed by atoms with E-state index in [9.17, 15) is 14.7 Å². The van der Waals surface area contributed by atoms with Crippen molar-refractivity contribution in [3.63, 3.8) is 0 Å². The fourth-order valence-electron chi connectivity index (χ4n) is 2.06. The zero-order valence-electron chi connectivity index (χ0n) is 9.82. The summed E-state index contributed by atoms with van der Waals surface area (Å²) in [6.45, 7) is 0.921. The third-order valence-electron chi connectivity index (χ3n) is 3.10. The van der Waals surface area contributed by atoms with Gasteiger partial charge in [0.1, 0.15) is 6.04 Å². The van der Waals surface area contributed by atoms with Gasteiger partial charge in [-0.15, -0.1) is 11.8 Å². The number of rotatable bonds is 2. The lowest BCUT2D eigenvalue weighted by atomic mass is 10.2. The number of aliphatic carboxylic acids is 1. The molecule has 0 bridgehead atoms. The first-order chi connectivity index (χ1) is 8.65. The number of hydrogen-bond donors (Lipinski definition) is 2. The summed E-state index contributed by atoms with van der Waals surface area (Å²) < 4.78 is 5.20. The lowest BCUT2D eigenvalue weighted by molar-refractivity contribution is -0.141. The van der Waals surface area contributed by atoms with Gasteiger partial charge in [-0.05, 0) is 0 Å². The number of aliphatic hydroxyl groups excluding tert-OH is 1. The van der Waals surface area contributed by atoms with Crippen molar-refractivity contribution in [2.24, 2.45) is 0 Å². The Morgan fingerprint density at radius 3 is 2.83 bits per heavy atom. The fraction of sp³-hybridized carbons (Fsp3) is 0.800. The van der Waals surface area contributed by atoms with Gasteiger partial charge in [0.05, 0.1) is 31.7 Å². The topological polar surface area (TPSA) is 90.3 Å². The van der Waals surface area contributed by atoms with Crippen LogP contribution in [0, 0.1) is 0 Å². The second kappa shape index (κ2) is 5.77. The maximum atomic E-state index is 12.3. The summed E-state index contributed by atoms with van der Waals surface area (Å²) in [5.74, 6) is -0.192. The van der Waals surface area contributed by atoms with Crippen molar-refractivity contribution in [3.8, 4) is 0 Å². The zero-order valence-corrected chi connectivity index (χ0v) is 10.6. The van der Waals surface area contributed by atoms with E-state index in [4.69, 9.17) is 9.84 Å². The quantitative estimate of drug-likeness (QED) is 0.690. The van der Waals surface area contributed by atoms with Crippen LogP contribution in [0.1, 0.15) is 0 Å². The molecule has 2 rings (SSSR count). The largest absolute Gasteiger partial charge is 0.480 e. The van der Waals surface area contributed by atoms with Crippen molar-refractivity contribution in [2.75, 3.05) is 38.0 Å². The Morgan fingerprint density at radius 2 is 2.17 bits per heavy atom. The van der Waals surface area contributed by atoms with Gasteiger partial charge in [-0.2, -0.15) is 0 Å². The summed E-state index contributed by atoms with van der Waals surface area (Å²) in [4.78, 5) is 26.2. The standard InChI is InChI=1S/C10H16N2O5S/c13-3-7-4-17-2-1-11(7)10(16)12-6-18-5-8(12)9(14)15/h7-8,13H,1-6H2,(H,14,15). The minimum atomic E-state index is -0.984. The Balaban J connectivity index is 2.07. The molecule has 2 aliphatic heterocycles. The molecule has 0 saturated carbocycles. The van der Waals surface area contributed by atoms with Gasteiger partial charge >= 0.3 is 12.0 Å². The highest BCUT2D eigenvalue weighted by molar-refractivity contribution is 7.99. The van der Waals surface area contributed by atoms with Crippen molar-refractivity contribution in [1.82, 2.24) is 9.80 Å². The van der Waals surface area contributed by atoms with E-state index in [1.54, 1.807) is 0 Å². The molecule has 2 N–H and O–H groups in total. The molecule has 8 heteroatoms. The SMILES string of the molecule is O=C(O)C1CSCN1C(=O)N1CCOCC1CO. The lowest BCUT2D eigenvalue weighted by Gasteiger charge is -2.37. The van der Waals surface area contributed by atoms with Gasteiger partial charge in [-0.3, -0.25) is 0 Å². The van der Waals surface area contributed by atoms with Gasteiger partial charge in [0.15, 0.2) is 0 Å². The summed E-state index contributed by atoms with van der Waals surface area (Å²) in [5, 5.41) is 18.3. The Labute approximate surface area is 109 Å². The van der Waals surface area contributed by atoms with Crippen LogP contribution in [0.15, 0.2) is 0 Å². The molecule has 2 saturated heterocycles. The number of nitrogens with zero attached hydrogens (tertiary/aromatic N) is 2. The van der Waals surface area contributed by atoms with Gasteiger partial charge in [0.2, 0.25) is 0 Å². The molecular formula is C10H16N2O5S. The van der Waals surface area contributed by atoms with E-state index in [-0.39, 0.29) is 18.7 Å². The number of ether oxygens (including phenoxy) is 1. The van der Waals surface area contributed by atoms with Gasteiger partial charge in [-0.25, -0.2) is 9.59 Å². The first kappa shape index (κ1) is 13.4. The van der Waals surface area contributed by atoms with Gasteiger partial charge in [0, 0.05) is 12.3 Å². The average Bonchev–Trinajstić information content (AvgIpc) is 2.87. The van der Waals surface area contributed by atoms with Crippen LogP contribution in [0.5, 0.6) is 0 Å². The maximum Gasteiger partial charge on any atom is 0.327 e. The minimum Gasteiger partial charge on any atom is -0.480 e. The van der Waals surface area contributed by atoms with Gasteiger partial charge < -0.3 is 24.7 Å². The van der Waals surface area contributed by atoms with Crippen LogP contribution in [0.4, 0.5) is 4.79 Å². The van der Waals surface area contributed by atoms with Crippen LogP contribution in [-0.4, -0.2) is 82.1 Å². The van der Waals surface area contributed by atoms with Crippen molar-refractivity contribution in [3.05, 3.63) is 0 Å². The molecule has 2 amide bonds. The average molecular weight is 276 g/mol. The van der Waals surface area contributed by atoms with Gasteiger partial charge in [0.25, 0.3) is 0 Å². The summed E-state index contributed by atoms with van der Waals surface area (Å²) in [5.41, 5.74) is 0. The molecule has 0 aromatic heterocycles. The van der Waals surface area contributed by atoms with Crippen LogP contribution in [-0.2, 0) is 9.53 Å². The van der Waals surface area contributed by atoms with Crippen LogP contribution < -0.4 is 0 Å². The molecule has 7 nitrogen and oxygen atoms in total. The van der Waals surface area contributed by atoms with Crippen molar-refractivity contribution >= 4 is 23.8 Å². The van der Waals surface area contributed by atoms with Crippen LogP contribution in [0.25, 0.3) is 0 Å². The number of carbonyl (C=O) groups is 2. The third-order valence-corrected chi connectivity index (χ3v) is 4.11. The van der Waals surface area contributed by atoms with Crippen molar-refractivity contribution < 1.29 is 24.5 Å². The second-order valence-electron chi connectivity index (χ2n) is 4.21. The summed E-state index contributed by atoms with van der Waals surface area (Å²) in [7, 11) is 0. The van der Waals surface area contributed by atoms with Crippen molar-refractivity contribution in [1.29, 1.82) is 0 Å². The van der Waals surface area contributed by atoms with E-state index >= 15 is 0 Å². The van der Waals surface area contributed by atoms with E-state index in [1.807, 2.05) is 0 Å². The third kappa shape index (κ3) is 2.55. The first-order valence-electron chi connectivity index (χ1n) is 5.71. The molecule has 2 unspecified atom stereocenters. The molecular weight excluding hydrogens is 260 g/mol. The number of carboxylic acids is 1. The van der Waals surface area contributed by atoms with Crippen molar-refractivity contribution in [2.45, 2.75) is 12.1 Å². The van der Waals surface area contributed by atoms with Gasteiger partial charge in [-0.1, -0.05) is 0 Å². The molecule has 0 aliphatic carbocycles. The second-order valence-corrected chi connectivity index (χ2v) is 5.21. The van der Waals surface area contributed by atoms with E-state index in [2.05, 4.69) is 0 Å². The molecule has 2 aliphatic rings. The van der Waals surface area contributed by atoms with E-state index < -0.39 is 12.0 Å². The molecule has 0 radical (unpaired) electrons. The Morgan fingerprint density at radius 1 is 1.39 bits per heavy atom. The molecule has 18 heavy (non-hydrogen) atoms. The van der Waals surface area contributed by atoms with E-state index in [0.717, 1.165) is 0 Å². The van der Waals surface area contributed by atoms with E-state index in [0.29, 0.717) is 31.4 Å². The first-order valence-corrected chi connectivity index (χ1v) is 6.87. The van der Waals surface area contributed by atoms with Crippen LogP contribution >= 0.6 is 11.8 Å². The Kier molecular flexibility index (Phi) is 4.31. The number of hydrogen-bond acceptors (Lipinski definition) is 5. The number of carboxylic acid groups (broad SMARTS) is 1. The molecule has 0 aromatic carbocycles. The van der Waals surface area contributed by atoms with Crippen LogP contribution in [0.2, 0.25) is 0 Å². The lowest BCUT2D eigenvalue weighted by Crippen LogP contribution is -2.57. The Hall–Kier alpha value is -0.990. The number of amides is 2. The number of thioether (sulfide) groups is 1. The van der Waals surface area contributed by atoms with E-state index in [1.165, 1.54) is 21.6 Å². The number of urea groups is 1. The molecule has 2 fully saturated rings. The Bertz CT molecular complexity index is 340. The maximum absolute atomic E-state index is 12.3. The predicted molar refractivity (Wildman–Crippen MR) is 64.4 cm³/mol. The predicted octanol–water partition coefficient (Wildman–Crippen LogP) is -0.741. The number of morpholine rings is 1.